The number of ether oxygens (including phenoxy) is 1. The first kappa shape index (κ1) is 16.4. The van der Waals surface area contributed by atoms with E-state index in [1.54, 1.807) is 18.2 Å². The van der Waals surface area contributed by atoms with E-state index < -0.39 is 0 Å². The molecule has 0 saturated heterocycles. The number of carbonyl (C=O) groups is 1. The summed E-state index contributed by atoms with van der Waals surface area (Å²) in [6.07, 6.45) is 2.99. The molecule has 4 nitrogen and oxygen atoms in total. The largest absolute Gasteiger partial charge is 0.489 e. The molecule has 0 aliphatic heterocycles. The summed E-state index contributed by atoms with van der Waals surface area (Å²) in [5.74, 6) is 5.30. The van der Waals surface area contributed by atoms with Crippen molar-refractivity contribution in [1.82, 2.24) is 5.43 Å². The predicted octanol–water partition coefficient (Wildman–Crippen LogP) is 3.58. The highest BCUT2D eigenvalue weighted by Gasteiger charge is 2.03. The molecule has 2 aromatic carbocycles. The van der Waals surface area contributed by atoms with Crippen molar-refractivity contribution in [2.24, 2.45) is 5.84 Å². The van der Waals surface area contributed by atoms with Gasteiger partial charge in [-0.15, -0.1) is 0 Å². The molecular weight excluding hydrogens is 323 g/mol. The molecule has 0 unspecified atom stereocenters. The number of hydrogen-bond acceptors (Lipinski definition) is 3. The Bertz CT molecular complexity index is 702. The molecule has 0 heterocycles. The minimum absolute atomic E-state index is 0.326. The zero-order valence-electron chi connectivity index (χ0n) is 11.6. The van der Waals surface area contributed by atoms with Gasteiger partial charge in [-0.2, -0.15) is 0 Å². The van der Waals surface area contributed by atoms with E-state index in [0.29, 0.717) is 22.4 Å². The van der Waals surface area contributed by atoms with Crippen molar-refractivity contribution < 1.29 is 9.53 Å². The van der Waals surface area contributed by atoms with Crippen molar-refractivity contribution in [3.8, 4) is 5.75 Å². The van der Waals surface area contributed by atoms with Crippen LogP contribution in [0.2, 0.25) is 10.0 Å². The normalized spacial score (nSPS) is 10.7. The molecule has 0 radical (unpaired) electrons. The number of amides is 1. The smallest absolute Gasteiger partial charge is 0.257 e. The van der Waals surface area contributed by atoms with Gasteiger partial charge in [-0.05, 0) is 35.9 Å². The van der Waals surface area contributed by atoms with E-state index in [1.165, 1.54) is 6.08 Å². The molecule has 0 atom stereocenters. The first-order valence-corrected chi connectivity index (χ1v) is 7.19. The molecule has 22 heavy (non-hydrogen) atoms. The van der Waals surface area contributed by atoms with Gasteiger partial charge in [0, 0.05) is 21.7 Å². The predicted molar refractivity (Wildman–Crippen MR) is 88.6 cm³/mol. The van der Waals surface area contributed by atoms with Gasteiger partial charge in [-0.25, -0.2) is 5.84 Å². The lowest BCUT2D eigenvalue weighted by atomic mass is 10.2. The number of nitrogens with one attached hydrogen (secondary N) is 1. The lowest BCUT2D eigenvalue weighted by Crippen LogP contribution is -2.27. The van der Waals surface area contributed by atoms with Gasteiger partial charge in [0.05, 0.1) is 0 Å². The van der Waals surface area contributed by atoms with Gasteiger partial charge < -0.3 is 4.74 Å². The number of rotatable bonds is 5. The summed E-state index contributed by atoms with van der Waals surface area (Å²) in [5, 5.41) is 1.14. The van der Waals surface area contributed by atoms with Gasteiger partial charge in [0.1, 0.15) is 12.4 Å². The summed E-state index contributed by atoms with van der Waals surface area (Å²) in [7, 11) is 0. The fraction of sp³-hybridized carbons (Fsp3) is 0.0625. The van der Waals surface area contributed by atoms with Crippen LogP contribution in [0.15, 0.2) is 48.5 Å². The number of benzene rings is 2. The van der Waals surface area contributed by atoms with Crippen LogP contribution in [0.3, 0.4) is 0 Å². The van der Waals surface area contributed by atoms with E-state index in [-0.39, 0.29) is 5.91 Å². The highest BCUT2D eigenvalue weighted by atomic mass is 35.5. The number of nitrogens with two attached hydrogens (primary N) is 1. The summed E-state index contributed by atoms with van der Waals surface area (Å²) in [4.78, 5) is 11.1. The SMILES string of the molecule is NNC(=O)/C=C/c1cccc(OCc2ccc(Cl)cc2Cl)c1. The molecule has 0 aliphatic carbocycles. The van der Waals surface area contributed by atoms with Crippen LogP contribution in [-0.4, -0.2) is 5.91 Å². The Kier molecular flexibility index (Phi) is 5.83. The van der Waals surface area contributed by atoms with E-state index in [4.69, 9.17) is 33.8 Å². The lowest BCUT2D eigenvalue weighted by molar-refractivity contribution is -0.116. The van der Waals surface area contributed by atoms with Crippen LogP contribution >= 0.6 is 23.2 Å². The average Bonchev–Trinajstić information content (AvgIpc) is 2.52. The molecule has 3 N–H and O–H groups in total. The van der Waals surface area contributed by atoms with Crippen LogP contribution in [-0.2, 0) is 11.4 Å². The fourth-order valence-electron chi connectivity index (χ4n) is 1.73. The Labute approximate surface area is 138 Å². The highest BCUT2D eigenvalue weighted by Crippen LogP contribution is 2.23. The van der Waals surface area contributed by atoms with E-state index in [0.717, 1.165) is 11.1 Å². The zero-order chi connectivity index (χ0) is 15.9. The van der Waals surface area contributed by atoms with Gasteiger partial charge >= 0.3 is 0 Å². The van der Waals surface area contributed by atoms with Crippen molar-refractivity contribution in [1.29, 1.82) is 0 Å². The van der Waals surface area contributed by atoms with Gasteiger partial charge in [0.25, 0.3) is 5.91 Å². The number of hydrazine groups is 1. The molecule has 0 aliphatic rings. The Morgan fingerprint density at radius 3 is 2.77 bits per heavy atom. The Morgan fingerprint density at radius 1 is 1.23 bits per heavy atom. The first-order chi connectivity index (χ1) is 10.6. The quantitative estimate of drug-likeness (QED) is 0.379. The standard InChI is InChI=1S/C16H14Cl2N2O2/c17-13-6-5-12(15(18)9-13)10-22-14-3-1-2-11(8-14)4-7-16(21)20-19/h1-9H,10,19H2,(H,20,21)/b7-4+. The monoisotopic (exact) mass is 336 g/mol. The molecule has 114 valence electrons. The molecule has 0 aromatic heterocycles. The summed E-state index contributed by atoms with van der Waals surface area (Å²) in [5.41, 5.74) is 3.69. The van der Waals surface area contributed by atoms with Gasteiger partial charge in [-0.3, -0.25) is 10.2 Å². The molecule has 2 aromatic rings. The van der Waals surface area contributed by atoms with E-state index in [1.807, 2.05) is 35.8 Å². The second kappa shape index (κ2) is 7.84. The van der Waals surface area contributed by atoms with Crippen LogP contribution in [0.5, 0.6) is 5.75 Å². The van der Waals surface area contributed by atoms with Crippen LogP contribution < -0.4 is 16.0 Å². The molecular formula is C16H14Cl2N2O2. The highest BCUT2D eigenvalue weighted by molar-refractivity contribution is 6.35. The third-order valence-electron chi connectivity index (χ3n) is 2.84. The molecule has 6 heteroatoms. The number of hydrogen-bond donors (Lipinski definition) is 2. The summed E-state index contributed by atoms with van der Waals surface area (Å²) in [6.45, 7) is 0.326. The molecule has 0 bridgehead atoms. The third-order valence-corrected chi connectivity index (χ3v) is 3.42. The average molecular weight is 337 g/mol. The maximum Gasteiger partial charge on any atom is 0.257 e. The van der Waals surface area contributed by atoms with E-state index in [2.05, 4.69) is 0 Å². The van der Waals surface area contributed by atoms with Gasteiger partial charge in [0.2, 0.25) is 0 Å². The fourth-order valence-corrected chi connectivity index (χ4v) is 2.19. The molecule has 0 saturated carbocycles. The van der Waals surface area contributed by atoms with Crippen LogP contribution in [0, 0.1) is 0 Å². The Hall–Kier alpha value is -2.01. The van der Waals surface area contributed by atoms with Crippen molar-refractivity contribution >= 4 is 35.2 Å². The van der Waals surface area contributed by atoms with Crippen LogP contribution in [0.1, 0.15) is 11.1 Å². The summed E-state index contributed by atoms with van der Waals surface area (Å²) in [6, 6.07) is 12.6. The molecule has 0 fully saturated rings. The molecule has 0 spiro atoms. The van der Waals surface area contributed by atoms with Crippen LogP contribution in [0.4, 0.5) is 0 Å². The van der Waals surface area contributed by atoms with Crippen LogP contribution in [0.25, 0.3) is 6.08 Å². The van der Waals surface area contributed by atoms with Crippen molar-refractivity contribution in [2.45, 2.75) is 6.61 Å². The second-order valence-corrected chi connectivity index (χ2v) is 5.28. The summed E-state index contributed by atoms with van der Waals surface area (Å²) >= 11 is 11.9. The van der Waals surface area contributed by atoms with E-state index >= 15 is 0 Å². The maximum atomic E-state index is 11.1. The molecule has 1 amide bonds. The Morgan fingerprint density at radius 2 is 2.05 bits per heavy atom. The lowest BCUT2D eigenvalue weighted by Gasteiger charge is -2.08. The Balaban J connectivity index is 2.04. The van der Waals surface area contributed by atoms with Crippen molar-refractivity contribution in [2.75, 3.05) is 0 Å². The number of halogens is 2. The van der Waals surface area contributed by atoms with Gasteiger partial charge in [-0.1, -0.05) is 41.4 Å². The topological polar surface area (TPSA) is 64.3 Å². The third kappa shape index (κ3) is 4.77. The summed E-state index contributed by atoms with van der Waals surface area (Å²) < 4.78 is 5.70. The minimum atomic E-state index is -0.376. The second-order valence-electron chi connectivity index (χ2n) is 4.44. The first-order valence-electron chi connectivity index (χ1n) is 6.44. The molecule has 2 rings (SSSR count). The zero-order valence-corrected chi connectivity index (χ0v) is 13.1. The number of carbonyl (C=O) groups excluding carboxylic acids is 1. The van der Waals surface area contributed by atoms with Crippen molar-refractivity contribution in [3.05, 3.63) is 69.7 Å². The van der Waals surface area contributed by atoms with Crippen molar-refractivity contribution in [3.63, 3.8) is 0 Å². The van der Waals surface area contributed by atoms with E-state index in [9.17, 15) is 4.79 Å². The van der Waals surface area contributed by atoms with Gasteiger partial charge in [0.15, 0.2) is 0 Å². The minimum Gasteiger partial charge on any atom is -0.489 e. The maximum absolute atomic E-state index is 11.1.